The molecule has 0 spiro atoms. The normalized spacial score (nSPS) is 13.1. The molecular formula is C21H15N. The van der Waals surface area contributed by atoms with Crippen LogP contribution in [-0.2, 0) is 12.8 Å². The first-order valence-corrected chi connectivity index (χ1v) is 7.78. The minimum atomic E-state index is 1.17. The highest BCUT2D eigenvalue weighted by Crippen LogP contribution is 2.38. The van der Waals surface area contributed by atoms with Crippen LogP contribution in [0, 0.1) is 0 Å². The van der Waals surface area contributed by atoms with E-state index in [2.05, 4.69) is 59.6 Å². The van der Waals surface area contributed by atoms with Gasteiger partial charge in [-0.25, -0.2) is 0 Å². The van der Waals surface area contributed by atoms with Gasteiger partial charge in [-0.05, 0) is 45.7 Å². The fourth-order valence-electron chi connectivity index (χ4n) is 3.81. The van der Waals surface area contributed by atoms with Crippen LogP contribution in [0.3, 0.4) is 0 Å². The van der Waals surface area contributed by atoms with Crippen molar-refractivity contribution in [3.05, 3.63) is 78.1 Å². The van der Waals surface area contributed by atoms with Gasteiger partial charge in [0, 0.05) is 23.3 Å². The van der Waals surface area contributed by atoms with Crippen LogP contribution < -0.4 is 0 Å². The Bertz CT molecular complexity index is 1010. The molecule has 0 saturated heterocycles. The molecule has 104 valence electrons. The van der Waals surface area contributed by atoms with E-state index < -0.39 is 0 Å². The van der Waals surface area contributed by atoms with Crippen molar-refractivity contribution in [3.8, 4) is 11.1 Å². The summed E-state index contributed by atoms with van der Waals surface area (Å²) in [7, 11) is 0. The molecule has 0 N–H and O–H groups in total. The highest BCUT2D eigenvalue weighted by atomic mass is 14.6. The second kappa shape index (κ2) is 4.41. The molecule has 1 heteroatoms. The molecule has 0 atom stereocenters. The highest BCUT2D eigenvalue weighted by Gasteiger charge is 2.17. The summed E-state index contributed by atoms with van der Waals surface area (Å²) >= 11 is 0. The molecule has 5 rings (SSSR count). The lowest BCUT2D eigenvalue weighted by molar-refractivity contribution is 1.02. The first kappa shape index (κ1) is 11.9. The fourth-order valence-corrected chi connectivity index (χ4v) is 3.81. The van der Waals surface area contributed by atoms with Crippen LogP contribution in [0.25, 0.3) is 32.7 Å². The van der Waals surface area contributed by atoms with E-state index in [-0.39, 0.29) is 0 Å². The number of hydrogen-bond acceptors (Lipinski definition) is 1. The summed E-state index contributed by atoms with van der Waals surface area (Å²) in [6.07, 6.45) is 6.29. The first-order valence-electron chi connectivity index (χ1n) is 7.78. The molecule has 3 aromatic carbocycles. The number of rotatable bonds is 1. The molecule has 1 aromatic heterocycles. The smallest absolute Gasteiger partial charge is 0.0353 e. The average Bonchev–Trinajstić information content (AvgIpc) is 3.00. The predicted octanol–water partition coefficient (Wildman–Crippen LogP) is 5.15. The molecule has 1 aliphatic rings. The van der Waals surface area contributed by atoms with E-state index >= 15 is 0 Å². The number of aryl methyl sites for hydroxylation is 2. The third kappa shape index (κ3) is 1.57. The fraction of sp³-hybridized carbons (Fsp3) is 0.0952. The van der Waals surface area contributed by atoms with Crippen LogP contribution in [-0.4, -0.2) is 4.98 Å². The molecule has 0 saturated carbocycles. The maximum absolute atomic E-state index is 4.46. The predicted molar refractivity (Wildman–Crippen MR) is 92.1 cm³/mol. The van der Waals surface area contributed by atoms with Crippen molar-refractivity contribution in [1.82, 2.24) is 4.98 Å². The quantitative estimate of drug-likeness (QED) is 0.470. The Morgan fingerprint density at radius 2 is 1.45 bits per heavy atom. The first-order chi connectivity index (χ1) is 10.9. The number of pyridine rings is 1. The van der Waals surface area contributed by atoms with Gasteiger partial charge in [-0.1, -0.05) is 54.6 Å². The molecule has 22 heavy (non-hydrogen) atoms. The number of hydrogen-bond donors (Lipinski definition) is 0. The second-order valence-corrected chi connectivity index (χ2v) is 6.02. The van der Waals surface area contributed by atoms with E-state index in [0.29, 0.717) is 0 Å². The zero-order chi connectivity index (χ0) is 14.5. The molecule has 0 unspecified atom stereocenters. The van der Waals surface area contributed by atoms with E-state index in [9.17, 15) is 0 Å². The second-order valence-electron chi connectivity index (χ2n) is 6.02. The topological polar surface area (TPSA) is 12.9 Å². The Kier molecular flexibility index (Phi) is 2.39. The van der Waals surface area contributed by atoms with E-state index in [1.165, 1.54) is 56.6 Å². The van der Waals surface area contributed by atoms with Gasteiger partial charge >= 0.3 is 0 Å². The standard InChI is InChI=1S/C21H15N/c1-2-6-17-16(4-1)12-22-13-20(17)18-11-10-15-9-8-14-5-3-7-19(18)21(14)15/h1-7,10-13H,8-9H2. The van der Waals surface area contributed by atoms with E-state index in [4.69, 9.17) is 0 Å². The van der Waals surface area contributed by atoms with Crippen molar-refractivity contribution < 1.29 is 0 Å². The van der Waals surface area contributed by atoms with E-state index in [1.807, 2.05) is 12.4 Å². The van der Waals surface area contributed by atoms with Crippen molar-refractivity contribution in [3.63, 3.8) is 0 Å². The van der Waals surface area contributed by atoms with Crippen LogP contribution in [0.2, 0.25) is 0 Å². The molecule has 0 fully saturated rings. The van der Waals surface area contributed by atoms with Gasteiger partial charge in [0.25, 0.3) is 0 Å². The van der Waals surface area contributed by atoms with Crippen LogP contribution >= 0.6 is 0 Å². The summed E-state index contributed by atoms with van der Waals surface area (Å²) in [5, 5.41) is 5.30. The molecule has 0 radical (unpaired) electrons. The maximum atomic E-state index is 4.46. The lowest BCUT2D eigenvalue weighted by atomic mass is 9.93. The SMILES string of the molecule is c1ccc2c(-c3ccc4c5c(cccc35)CC4)cncc2c1. The van der Waals surface area contributed by atoms with Crippen molar-refractivity contribution >= 4 is 21.5 Å². The molecular weight excluding hydrogens is 266 g/mol. The summed E-state index contributed by atoms with van der Waals surface area (Å²) in [5.41, 5.74) is 5.51. The third-order valence-electron chi connectivity index (χ3n) is 4.84. The van der Waals surface area contributed by atoms with Crippen molar-refractivity contribution in [2.75, 3.05) is 0 Å². The van der Waals surface area contributed by atoms with Gasteiger partial charge in [-0.2, -0.15) is 0 Å². The molecule has 0 aliphatic heterocycles. The Morgan fingerprint density at radius 1 is 0.636 bits per heavy atom. The summed E-state index contributed by atoms with van der Waals surface area (Å²) in [6.45, 7) is 0. The molecule has 1 aliphatic carbocycles. The zero-order valence-electron chi connectivity index (χ0n) is 12.2. The highest BCUT2D eigenvalue weighted by molar-refractivity contribution is 6.07. The Balaban J connectivity index is 1.92. The van der Waals surface area contributed by atoms with Crippen LogP contribution in [0.5, 0.6) is 0 Å². The minimum Gasteiger partial charge on any atom is -0.263 e. The number of aromatic nitrogens is 1. The largest absolute Gasteiger partial charge is 0.263 e. The van der Waals surface area contributed by atoms with Gasteiger partial charge in [0.15, 0.2) is 0 Å². The number of benzene rings is 3. The van der Waals surface area contributed by atoms with Crippen molar-refractivity contribution in [2.45, 2.75) is 12.8 Å². The molecule has 0 amide bonds. The maximum Gasteiger partial charge on any atom is 0.0353 e. The van der Waals surface area contributed by atoms with Gasteiger partial charge in [0.1, 0.15) is 0 Å². The summed E-state index contributed by atoms with van der Waals surface area (Å²) < 4.78 is 0. The van der Waals surface area contributed by atoms with Gasteiger partial charge < -0.3 is 0 Å². The van der Waals surface area contributed by atoms with Crippen molar-refractivity contribution in [2.24, 2.45) is 0 Å². The summed E-state index contributed by atoms with van der Waals surface area (Å²) in [5.74, 6) is 0. The van der Waals surface area contributed by atoms with Crippen LogP contribution in [0.1, 0.15) is 11.1 Å². The summed E-state index contributed by atoms with van der Waals surface area (Å²) in [4.78, 5) is 4.46. The zero-order valence-corrected chi connectivity index (χ0v) is 12.2. The minimum absolute atomic E-state index is 1.17. The van der Waals surface area contributed by atoms with Gasteiger partial charge in [-0.15, -0.1) is 0 Å². The lowest BCUT2D eigenvalue weighted by Crippen LogP contribution is -1.87. The van der Waals surface area contributed by atoms with Crippen LogP contribution in [0.15, 0.2) is 67.0 Å². The van der Waals surface area contributed by atoms with E-state index in [1.54, 1.807) is 0 Å². The average molecular weight is 281 g/mol. The summed E-state index contributed by atoms with van der Waals surface area (Å²) in [6, 6.07) is 19.8. The Hall–Kier alpha value is -2.67. The van der Waals surface area contributed by atoms with Gasteiger partial charge in [0.05, 0.1) is 0 Å². The molecule has 1 nitrogen and oxygen atoms in total. The van der Waals surface area contributed by atoms with Crippen LogP contribution in [0.4, 0.5) is 0 Å². The molecule has 4 aromatic rings. The van der Waals surface area contributed by atoms with E-state index in [0.717, 1.165) is 0 Å². The molecule has 1 heterocycles. The Labute approximate surface area is 129 Å². The lowest BCUT2D eigenvalue weighted by Gasteiger charge is -2.11. The third-order valence-corrected chi connectivity index (χ3v) is 4.84. The monoisotopic (exact) mass is 281 g/mol. The molecule has 0 bridgehead atoms. The van der Waals surface area contributed by atoms with Crippen molar-refractivity contribution in [1.29, 1.82) is 0 Å². The van der Waals surface area contributed by atoms with Gasteiger partial charge in [0.2, 0.25) is 0 Å². The number of fused-ring (bicyclic) bond motifs is 1. The van der Waals surface area contributed by atoms with Gasteiger partial charge in [-0.3, -0.25) is 4.98 Å². The number of nitrogens with zero attached hydrogens (tertiary/aromatic N) is 1. The Morgan fingerprint density at radius 3 is 2.41 bits per heavy atom.